The molecule has 1 N–H and O–H groups in total. The Morgan fingerprint density at radius 3 is 2.76 bits per heavy atom. The van der Waals surface area contributed by atoms with E-state index >= 15 is 0 Å². The molecule has 5 rings (SSSR count). The van der Waals surface area contributed by atoms with Crippen molar-refractivity contribution in [2.45, 2.75) is 20.0 Å². The predicted octanol–water partition coefficient (Wildman–Crippen LogP) is 2.77. The van der Waals surface area contributed by atoms with Gasteiger partial charge in [0.15, 0.2) is 10.8 Å². The van der Waals surface area contributed by atoms with E-state index in [0.29, 0.717) is 40.3 Å². The second-order valence-corrected chi connectivity index (χ2v) is 8.61. The third kappa shape index (κ3) is 4.13. The second kappa shape index (κ2) is 9.02. The highest BCUT2D eigenvalue weighted by atomic mass is 32.1. The maximum absolute atomic E-state index is 14.0. The number of aryl methyl sites for hydroxylation is 1. The van der Waals surface area contributed by atoms with Gasteiger partial charge in [0.2, 0.25) is 0 Å². The van der Waals surface area contributed by atoms with Crippen LogP contribution in [0.15, 0.2) is 66.1 Å². The summed E-state index contributed by atoms with van der Waals surface area (Å²) in [6, 6.07) is 10.1. The number of benzene rings is 1. The first-order chi connectivity index (χ1) is 16.5. The van der Waals surface area contributed by atoms with Crippen LogP contribution in [-0.2, 0) is 13.1 Å². The molecule has 0 atom stereocenters. The number of nitrogens with one attached hydrogen (secondary N) is 1. The van der Waals surface area contributed by atoms with E-state index in [-0.39, 0.29) is 23.8 Å². The van der Waals surface area contributed by atoms with Crippen LogP contribution in [0.25, 0.3) is 16.2 Å². The van der Waals surface area contributed by atoms with Gasteiger partial charge in [-0.3, -0.25) is 14.2 Å². The first-order valence-corrected chi connectivity index (χ1v) is 11.4. The molecule has 0 aliphatic rings. The Labute approximate surface area is 197 Å². The number of aromatic nitrogens is 6. The molecule has 4 heterocycles. The van der Waals surface area contributed by atoms with Gasteiger partial charge >= 0.3 is 0 Å². The molecular formula is C23H20FN7O2S. The summed E-state index contributed by atoms with van der Waals surface area (Å²) in [5.41, 5.74) is 1.17. The van der Waals surface area contributed by atoms with Crippen LogP contribution in [0.4, 0.5) is 4.39 Å². The van der Waals surface area contributed by atoms with Crippen LogP contribution in [-0.4, -0.2) is 41.3 Å². The topological polar surface area (TPSA) is 99.6 Å². The molecule has 9 nitrogen and oxygen atoms in total. The van der Waals surface area contributed by atoms with Crippen LogP contribution in [0.1, 0.15) is 20.9 Å². The Morgan fingerprint density at radius 2 is 1.97 bits per heavy atom. The molecule has 1 aromatic carbocycles. The van der Waals surface area contributed by atoms with Crippen molar-refractivity contribution in [1.29, 1.82) is 0 Å². The minimum atomic E-state index is -0.377. The number of nitrogens with zero attached hydrogens (tertiary/aromatic N) is 6. The summed E-state index contributed by atoms with van der Waals surface area (Å²) in [4.78, 5) is 34.8. The maximum Gasteiger partial charge on any atom is 0.264 e. The van der Waals surface area contributed by atoms with Crippen molar-refractivity contribution >= 4 is 28.3 Å². The van der Waals surface area contributed by atoms with Crippen molar-refractivity contribution in [2.75, 3.05) is 6.54 Å². The molecule has 11 heteroatoms. The van der Waals surface area contributed by atoms with E-state index in [1.165, 1.54) is 34.5 Å². The molecule has 172 valence electrons. The number of halogens is 1. The molecule has 0 spiro atoms. The minimum absolute atomic E-state index is 0.0783. The van der Waals surface area contributed by atoms with Crippen LogP contribution >= 0.6 is 11.3 Å². The number of fused-ring (bicyclic) bond motifs is 1. The SMILES string of the molecule is Cc1nc(-n2cccc2)sc1C(=O)NCCn1ncc2c(=O)n(Cc3ccccc3F)cnc21. The summed E-state index contributed by atoms with van der Waals surface area (Å²) in [5, 5.41) is 8.18. The van der Waals surface area contributed by atoms with E-state index in [9.17, 15) is 14.0 Å². The first-order valence-electron chi connectivity index (χ1n) is 10.5. The molecule has 4 aromatic heterocycles. The Hall–Kier alpha value is -4.12. The van der Waals surface area contributed by atoms with Crippen LogP contribution in [0.5, 0.6) is 0 Å². The zero-order valence-corrected chi connectivity index (χ0v) is 19.0. The second-order valence-electron chi connectivity index (χ2n) is 7.63. The van der Waals surface area contributed by atoms with Crippen LogP contribution < -0.4 is 10.9 Å². The van der Waals surface area contributed by atoms with Crippen LogP contribution in [0, 0.1) is 12.7 Å². The molecule has 0 fully saturated rings. The van der Waals surface area contributed by atoms with E-state index in [1.807, 2.05) is 29.1 Å². The Kier molecular flexibility index (Phi) is 5.76. The molecule has 0 aliphatic carbocycles. The van der Waals surface area contributed by atoms with Crippen molar-refractivity contribution in [3.63, 3.8) is 0 Å². The summed E-state index contributed by atoms with van der Waals surface area (Å²) in [6.07, 6.45) is 6.58. The molecule has 0 aliphatic heterocycles. The summed E-state index contributed by atoms with van der Waals surface area (Å²) < 4.78 is 18.7. The number of hydrogen-bond donors (Lipinski definition) is 1. The van der Waals surface area contributed by atoms with Gasteiger partial charge in [-0.1, -0.05) is 29.5 Å². The minimum Gasteiger partial charge on any atom is -0.349 e. The lowest BCUT2D eigenvalue weighted by molar-refractivity contribution is 0.0955. The third-order valence-corrected chi connectivity index (χ3v) is 6.52. The quantitative estimate of drug-likeness (QED) is 0.389. The monoisotopic (exact) mass is 477 g/mol. The highest BCUT2D eigenvalue weighted by Crippen LogP contribution is 2.21. The Bertz CT molecular complexity index is 1530. The average Bonchev–Trinajstić information content (AvgIpc) is 3.57. The van der Waals surface area contributed by atoms with Crippen molar-refractivity contribution in [1.82, 2.24) is 34.2 Å². The molecule has 0 bridgehead atoms. The van der Waals surface area contributed by atoms with E-state index in [1.54, 1.807) is 29.8 Å². The maximum atomic E-state index is 14.0. The lowest BCUT2D eigenvalue weighted by Gasteiger charge is -2.08. The van der Waals surface area contributed by atoms with Gasteiger partial charge in [0, 0.05) is 24.5 Å². The lowest BCUT2D eigenvalue weighted by Crippen LogP contribution is -2.27. The predicted molar refractivity (Wildman–Crippen MR) is 126 cm³/mol. The summed E-state index contributed by atoms with van der Waals surface area (Å²) in [6.45, 7) is 2.51. The normalized spacial score (nSPS) is 11.2. The molecule has 1 amide bonds. The van der Waals surface area contributed by atoms with Crippen molar-refractivity contribution in [3.05, 3.63) is 93.6 Å². The number of amides is 1. The number of thiazole rings is 1. The van der Waals surface area contributed by atoms with Crippen LogP contribution in [0.2, 0.25) is 0 Å². The zero-order chi connectivity index (χ0) is 23.7. The Balaban J connectivity index is 1.27. The molecule has 0 unspecified atom stereocenters. The fourth-order valence-electron chi connectivity index (χ4n) is 3.60. The van der Waals surface area contributed by atoms with Gasteiger partial charge in [0.1, 0.15) is 22.4 Å². The van der Waals surface area contributed by atoms with Gasteiger partial charge in [0.05, 0.1) is 25.0 Å². The standard InChI is InChI=1S/C23H20FN7O2S/c1-15-19(34-23(28-15)29-9-4-5-10-29)21(32)25-8-11-31-20-17(12-27-31)22(33)30(14-26-20)13-16-6-2-3-7-18(16)24/h2-7,9-10,12,14H,8,11,13H2,1H3,(H,25,32). The highest BCUT2D eigenvalue weighted by molar-refractivity contribution is 7.16. The van der Waals surface area contributed by atoms with E-state index in [0.717, 1.165) is 5.13 Å². The molecular weight excluding hydrogens is 457 g/mol. The van der Waals surface area contributed by atoms with E-state index in [4.69, 9.17) is 0 Å². The highest BCUT2D eigenvalue weighted by Gasteiger charge is 2.16. The van der Waals surface area contributed by atoms with Crippen molar-refractivity contribution < 1.29 is 9.18 Å². The molecule has 34 heavy (non-hydrogen) atoms. The largest absolute Gasteiger partial charge is 0.349 e. The smallest absolute Gasteiger partial charge is 0.264 e. The fourth-order valence-corrected chi connectivity index (χ4v) is 4.56. The van der Waals surface area contributed by atoms with Gasteiger partial charge in [-0.2, -0.15) is 5.10 Å². The summed E-state index contributed by atoms with van der Waals surface area (Å²) in [5.74, 6) is -0.595. The zero-order valence-electron chi connectivity index (χ0n) is 18.2. The van der Waals surface area contributed by atoms with Gasteiger partial charge < -0.3 is 9.88 Å². The first kappa shape index (κ1) is 21.7. The average molecular weight is 478 g/mol. The fraction of sp³-hybridized carbons (Fsp3) is 0.174. The number of carbonyl (C=O) groups excluding carboxylic acids is 1. The van der Waals surface area contributed by atoms with Gasteiger partial charge in [-0.25, -0.2) is 19.0 Å². The van der Waals surface area contributed by atoms with Crippen molar-refractivity contribution in [2.24, 2.45) is 0 Å². The number of hydrogen-bond acceptors (Lipinski definition) is 6. The molecule has 5 aromatic rings. The van der Waals surface area contributed by atoms with E-state index in [2.05, 4.69) is 20.4 Å². The van der Waals surface area contributed by atoms with Crippen molar-refractivity contribution in [3.8, 4) is 5.13 Å². The molecule has 0 saturated carbocycles. The van der Waals surface area contributed by atoms with Gasteiger partial charge in [-0.05, 0) is 25.1 Å². The lowest BCUT2D eigenvalue weighted by atomic mass is 10.2. The Morgan fingerprint density at radius 1 is 1.18 bits per heavy atom. The molecule has 0 saturated heterocycles. The number of carbonyl (C=O) groups is 1. The third-order valence-electron chi connectivity index (χ3n) is 5.35. The summed E-state index contributed by atoms with van der Waals surface area (Å²) in [7, 11) is 0. The number of rotatable bonds is 7. The van der Waals surface area contributed by atoms with Gasteiger partial charge in [0.25, 0.3) is 11.5 Å². The van der Waals surface area contributed by atoms with Gasteiger partial charge in [-0.15, -0.1) is 0 Å². The van der Waals surface area contributed by atoms with Crippen LogP contribution in [0.3, 0.4) is 0 Å². The van der Waals surface area contributed by atoms with E-state index < -0.39 is 0 Å². The summed E-state index contributed by atoms with van der Waals surface area (Å²) >= 11 is 1.32. The molecule has 0 radical (unpaired) electrons.